The smallest absolute Gasteiger partial charge is 0.310 e. The first-order chi connectivity index (χ1) is 15.0. The molecule has 0 aliphatic heterocycles. The number of fused-ring (bicyclic) bond motifs is 1. The van der Waals surface area contributed by atoms with Crippen LogP contribution >= 0.6 is 11.3 Å². The van der Waals surface area contributed by atoms with E-state index in [9.17, 15) is 14.0 Å². The van der Waals surface area contributed by atoms with Crippen LogP contribution < -0.4 is 11.1 Å². The Hall–Kier alpha value is -3.63. The Kier molecular flexibility index (Phi) is 5.74. The number of methoxy groups -OCH3 is 1. The lowest BCUT2D eigenvalue weighted by Crippen LogP contribution is -2.18. The molecular formula is C21H18FN5O3S. The van der Waals surface area contributed by atoms with Gasteiger partial charge in [-0.05, 0) is 29.6 Å². The lowest BCUT2D eigenvalue weighted by molar-refractivity contribution is -0.139. The Morgan fingerprint density at radius 3 is 2.87 bits per heavy atom. The van der Waals surface area contributed by atoms with Crippen LogP contribution in [0.15, 0.2) is 48.0 Å². The number of amides is 1. The number of nitrogens with two attached hydrogens (primary N) is 1. The van der Waals surface area contributed by atoms with E-state index in [2.05, 4.69) is 15.4 Å². The third-order valence-electron chi connectivity index (χ3n) is 4.67. The summed E-state index contributed by atoms with van der Waals surface area (Å²) in [7, 11) is 1.30. The second-order valence-electron chi connectivity index (χ2n) is 6.57. The molecule has 3 aromatic heterocycles. The summed E-state index contributed by atoms with van der Waals surface area (Å²) in [6.07, 6.45) is 1.69. The van der Waals surface area contributed by atoms with Gasteiger partial charge in [-0.1, -0.05) is 12.1 Å². The van der Waals surface area contributed by atoms with E-state index in [1.54, 1.807) is 41.9 Å². The van der Waals surface area contributed by atoms with Gasteiger partial charge in [-0.2, -0.15) is 0 Å². The number of nitrogens with zero attached hydrogens (tertiary/aromatic N) is 3. The van der Waals surface area contributed by atoms with E-state index in [4.69, 9.17) is 10.5 Å². The second kappa shape index (κ2) is 8.62. The molecule has 158 valence electrons. The molecule has 3 heterocycles. The summed E-state index contributed by atoms with van der Waals surface area (Å²) in [5, 5.41) is 8.88. The van der Waals surface area contributed by atoms with Gasteiger partial charge in [0.05, 0.1) is 30.3 Å². The number of thiophene rings is 1. The van der Waals surface area contributed by atoms with Crippen LogP contribution in [0.1, 0.15) is 20.9 Å². The molecule has 0 spiro atoms. The molecule has 0 fully saturated rings. The van der Waals surface area contributed by atoms with Gasteiger partial charge >= 0.3 is 5.97 Å². The van der Waals surface area contributed by atoms with Crippen molar-refractivity contribution in [2.24, 2.45) is 5.73 Å². The first kappa shape index (κ1) is 20.6. The van der Waals surface area contributed by atoms with Crippen LogP contribution in [0.25, 0.3) is 16.9 Å². The van der Waals surface area contributed by atoms with E-state index in [1.807, 2.05) is 0 Å². The molecule has 4 aromatic rings. The number of aromatic nitrogens is 3. The van der Waals surface area contributed by atoms with Gasteiger partial charge in [0.15, 0.2) is 11.5 Å². The molecule has 0 saturated heterocycles. The van der Waals surface area contributed by atoms with Crippen molar-refractivity contribution in [3.63, 3.8) is 0 Å². The summed E-state index contributed by atoms with van der Waals surface area (Å²) in [6.45, 7) is 0.0277. The fourth-order valence-electron chi connectivity index (χ4n) is 3.10. The van der Waals surface area contributed by atoms with Crippen molar-refractivity contribution in [3.05, 3.63) is 69.9 Å². The SMILES string of the molecule is COC(=O)Cc1sccc1NC(=O)c1nc(-c2cccc(CN)c2F)nn2cccc12. The number of hydrogen-bond acceptors (Lipinski definition) is 7. The lowest BCUT2D eigenvalue weighted by Gasteiger charge is -2.10. The molecule has 1 amide bonds. The van der Waals surface area contributed by atoms with Crippen molar-refractivity contribution < 1.29 is 18.7 Å². The van der Waals surface area contributed by atoms with Crippen LogP contribution in [0.4, 0.5) is 10.1 Å². The molecule has 0 saturated carbocycles. The molecule has 3 N–H and O–H groups in total. The molecule has 0 aliphatic rings. The van der Waals surface area contributed by atoms with Crippen LogP contribution in [0, 0.1) is 5.82 Å². The minimum atomic E-state index is -0.527. The van der Waals surface area contributed by atoms with Crippen LogP contribution in [0.5, 0.6) is 0 Å². The normalized spacial score (nSPS) is 10.9. The Morgan fingerprint density at radius 2 is 2.10 bits per heavy atom. The molecule has 4 rings (SSSR count). The van der Waals surface area contributed by atoms with Crippen molar-refractivity contribution in [2.45, 2.75) is 13.0 Å². The quantitative estimate of drug-likeness (QED) is 0.447. The molecule has 0 bridgehead atoms. The van der Waals surface area contributed by atoms with Crippen molar-refractivity contribution in [2.75, 3.05) is 12.4 Å². The van der Waals surface area contributed by atoms with E-state index in [-0.39, 0.29) is 30.0 Å². The molecule has 1 aromatic carbocycles. The molecule has 10 heteroatoms. The average Bonchev–Trinajstić information content (AvgIpc) is 3.42. The molecule has 0 radical (unpaired) electrons. The Morgan fingerprint density at radius 1 is 1.26 bits per heavy atom. The Bertz CT molecular complexity index is 1280. The summed E-state index contributed by atoms with van der Waals surface area (Å²) >= 11 is 1.33. The van der Waals surface area contributed by atoms with Crippen molar-refractivity contribution in [3.8, 4) is 11.4 Å². The van der Waals surface area contributed by atoms with Crippen LogP contribution in [-0.2, 0) is 22.5 Å². The van der Waals surface area contributed by atoms with Gasteiger partial charge in [0, 0.05) is 23.2 Å². The van der Waals surface area contributed by atoms with Gasteiger partial charge < -0.3 is 15.8 Å². The van der Waals surface area contributed by atoms with E-state index < -0.39 is 17.7 Å². The summed E-state index contributed by atoms with van der Waals surface area (Å²) in [5.41, 5.74) is 7.09. The largest absolute Gasteiger partial charge is 0.469 e. The standard InChI is InChI=1S/C21H18FN5O3S/c1-30-17(28)10-16-14(7-9-31-16)24-21(29)19-15-6-3-8-27(15)26-20(25-19)13-5-2-4-12(11-23)18(13)22/h2-9H,10-11,23H2,1H3,(H,24,29). The third-order valence-corrected chi connectivity index (χ3v) is 5.59. The number of carbonyl (C=O) groups excluding carboxylic acids is 2. The number of benzene rings is 1. The van der Waals surface area contributed by atoms with Gasteiger partial charge in [-0.3, -0.25) is 9.59 Å². The minimum Gasteiger partial charge on any atom is -0.469 e. The predicted molar refractivity (Wildman–Crippen MR) is 114 cm³/mol. The summed E-state index contributed by atoms with van der Waals surface area (Å²) in [4.78, 5) is 29.7. The number of esters is 1. The second-order valence-corrected chi connectivity index (χ2v) is 7.57. The highest BCUT2D eigenvalue weighted by atomic mass is 32.1. The fourth-order valence-corrected chi connectivity index (χ4v) is 3.92. The van der Waals surface area contributed by atoms with Gasteiger partial charge in [0.1, 0.15) is 5.82 Å². The number of hydrogen-bond donors (Lipinski definition) is 2. The number of ether oxygens (including phenoxy) is 1. The van der Waals surface area contributed by atoms with Crippen molar-refractivity contribution >= 4 is 34.4 Å². The van der Waals surface area contributed by atoms with E-state index in [0.717, 1.165) is 0 Å². The van der Waals surface area contributed by atoms with Gasteiger partial charge in [0.25, 0.3) is 5.91 Å². The fraction of sp³-hybridized carbons (Fsp3) is 0.143. The summed E-state index contributed by atoms with van der Waals surface area (Å²) in [6, 6.07) is 9.88. The molecule has 0 atom stereocenters. The number of carbonyl (C=O) groups is 2. The third kappa shape index (κ3) is 4.03. The van der Waals surface area contributed by atoms with E-state index in [0.29, 0.717) is 21.6 Å². The average molecular weight is 439 g/mol. The molecule has 31 heavy (non-hydrogen) atoms. The lowest BCUT2D eigenvalue weighted by atomic mass is 10.1. The molecule has 0 unspecified atom stereocenters. The Balaban J connectivity index is 1.73. The van der Waals surface area contributed by atoms with Gasteiger partial charge in [0.2, 0.25) is 0 Å². The predicted octanol–water partition coefficient (Wildman–Crippen LogP) is 3.02. The first-order valence-electron chi connectivity index (χ1n) is 9.29. The summed E-state index contributed by atoms with van der Waals surface area (Å²) < 4.78 is 21.0. The number of nitrogens with one attached hydrogen (secondary N) is 1. The minimum absolute atomic E-state index is 0.0277. The topological polar surface area (TPSA) is 112 Å². The zero-order valence-electron chi connectivity index (χ0n) is 16.5. The van der Waals surface area contributed by atoms with E-state index in [1.165, 1.54) is 29.0 Å². The zero-order valence-corrected chi connectivity index (χ0v) is 17.3. The Labute approximate surface area is 180 Å². The van der Waals surface area contributed by atoms with Gasteiger partial charge in [-0.15, -0.1) is 16.4 Å². The maximum absolute atomic E-state index is 14.8. The zero-order chi connectivity index (χ0) is 22.0. The maximum Gasteiger partial charge on any atom is 0.310 e. The number of rotatable bonds is 6. The molecule has 0 aliphatic carbocycles. The summed E-state index contributed by atoms with van der Waals surface area (Å²) in [5.74, 6) is -1.39. The maximum atomic E-state index is 14.8. The van der Waals surface area contributed by atoms with Crippen molar-refractivity contribution in [1.29, 1.82) is 0 Å². The highest BCUT2D eigenvalue weighted by molar-refractivity contribution is 7.10. The highest BCUT2D eigenvalue weighted by Gasteiger charge is 2.20. The van der Waals surface area contributed by atoms with Crippen molar-refractivity contribution in [1.82, 2.24) is 14.6 Å². The van der Waals surface area contributed by atoms with Crippen LogP contribution in [-0.4, -0.2) is 33.6 Å². The molecular weight excluding hydrogens is 421 g/mol. The highest BCUT2D eigenvalue weighted by Crippen LogP contribution is 2.26. The number of halogens is 1. The van der Waals surface area contributed by atoms with Gasteiger partial charge in [-0.25, -0.2) is 13.9 Å². The first-order valence-corrected chi connectivity index (χ1v) is 10.2. The number of anilines is 1. The van der Waals surface area contributed by atoms with Crippen LogP contribution in [0.2, 0.25) is 0 Å². The van der Waals surface area contributed by atoms with E-state index >= 15 is 0 Å². The molecule has 8 nitrogen and oxygen atoms in total. The van der Waals surface area contributed by atoms with Crippen LogP contribution in [0.3, 0.4) is 0 Å². The monoisotopic (exact) mass is 439 g/mol.